The van der Waals surface area contributed by atoms with Crippen molar-refractivity contribution in [3.05, 3.63) is 160 Å². The number of hydrogen-bond acceptors (Lipinski definition) is 4. The molecule has 0 bridgehead atoms. The summed E-state index contributed by atoms with van der Waals surface area (Å²) in [4.78, 5) is 9.86. The predicted octanol–water partition coefficient (Wildman–Crippen LogP) is 16.4. The van der Waals surface area contributed by atoms with Crippen molar-refractivity contribution in [2.24, 2.45) is 0 Å². The highest BCUT2D eigenvalue weighted by molar-refractivity contribution is 6.14. The Kier molecular flexibility index (Phi) is 11.0. The van der Waals surface area contributed by atoms with Crippen molar-refractivity contribution in [2.45, 2.75) is 106 Å². The number of aromatic nitrogens is 2. The summed E-state index contributed by atoms with van der Waals surface area (Å²) in [5.74, 6) is 3.58. The van der Waals surface area contributed by atoms with Gasteiger partial charge in [-0.1, -0.05) is 122 Å². The van der Waals surface area contributed by atoms with Crippen LogP contribution in [0.1, 0.15) is 119 Å². The van der Waals surface area contributed by atoms with Crippen LogP contribution in [0.15, 0.2) is 121 Å². The van der Waals surface area contributed by atoms with E-state index in [1.807, 2.05) is 6.20 Å². The standard InChI is InChI=1S/C59H64N4O/c1-35(2)41-29-50(36(3)4)57(51(30-41)37(5)6)49-18-16-17-48-47-22-21-45(33-54(47)63(58(48)49)55-31-43(23-24-60-55)59(10,11)12)64-46-28-42(56-39(8)25-38(7)26-40(56)9)27-44(32-46)62-34-61(13)52-19-14-15-20-53(52)62/h14-33,35-37H,34H2,1-13H3. The molecule has 0 saturated carbocycles. The molecule has 326 valence electrons. The van der Waals surface area contributed by atoms with Crippen molar-refractivity contribution >= 4 is 38.9 Å². The van der Waals surface area contributed by atoms with Gasteiger partial charge in [-0.3, -0.25) is 4.57 Å². The fourth-order valence-corrected chi connectivity index (χ4v) is 10.1. The lowest BCUT2D eigenvalue weighted by Gasteiger charge is -2.24. The van der Waals surface area contributed by atoms with Gasteiger partial charge in [-0.25, -0.2) is 4.98 Å². The quantitative estimate of drug-likeness (QED) is 0.145. The van der Waals surface area contributed by atoms with Gasteiger partial charge in [0.25, 0.3) is 0 Å². The Bertz CT molecular complexity index is 3030. The van der Waals surface area contributed by atoms with E-state index in [9.17, 15) is 0 Å². The maximum Gasteiger partial charge on any atom is 0.137 e. The van der Waals surface area contributed by atoms with E-state index >= 15 is 0 Å². The first kappa shape index (κ1) is 42.9. The third kappa shape index (κ3) is 7.63. The number of anilines is 3. The lowest BCUT2D eigenvalue weighted by atomic mass is 9.81. The van der Waals surface area contributed by atoms with Gasteiger partial charge in [-0.2, -0.15) is 0 Å². The van der Waals surface area contributed by atoms with Crippen LogP contribution in [0, 0.1) is 20.8 Å². The monoisotopic (exact) mass is 845 g/mol. The summed E-state index contributed by atoms with van der Waals surface area (Å²) in [6, 6.07) is 42.8. The van der Waals surface area contributed by atoms with Gasteiger partial charge in [-0.05, 0) is 143 Å². The molecule has 0 unspecified atom stereocenters. The van der Waals surface area contributed by atoms with Gasteiger partial charge in [-0.15, -0.1) is 0 Å². The molecular formula is C59H64N4O. The zero-order valence-electron chi connectivity index (χ0n) is 40.2. The summed E-state index contributed by atoms with van der Waals surface area (Å²) in [6.07, 6.45) is 1.98. The number of nitrogens with zero attached hydrogens (tertiary/aromatic N) is 4. The van der Waals surface area contributed by atoms with E-state index in [0.717, 1.165) is 40.8 Å². The van der Waals surface area contributed by atoms with E-state index in [0.29, 0.717) is 17.8 Å². The number of aryl methyl sites for hydroxylation is 3. The molecule has 0 atom stereocenters. The molecule has 3 heterocycles. The van der Waals surface area contributed by atoms with Crippen molar-refractivity contribution in [1.29, 1.82) is 0 Å². The number of fused-ring (bicyclic) bond motifs is 4. The van der Waals surface area contributed by atoms with Crippen LogP contribution in [-0.2, 0) is 5.41 Å². The number of rotatable bonds is 9. The normalized spacial score (nSPS) is 13.1. The van der Waals surface area contributed by atoms with Crippen molar-refractivity contribution in [2.75, 3.05) is 23.5 Å². The lowest BCUT2D eigenvalue weighted by molar-refractivity contribution is 0.483. The van der Waals surface area contributed by atoms with Crippen LogP contribution >= 0.6 is 0 Å². The van der Waals surface area contributed by atoms with Gasteiger partial charge in [0.15, 0.2) is 0 Å². The van der Waals surface area contributed by atoms with E-state index in [1.54, 1.807) is 0 Å². The van der Waals surface area contributed by atoms with E-state index < -0.39 is 0 Å². The molecule has 0 radical (unpaired) electrons. The molecule has 5 heteroatoms. The van der Waals surface area contributed by atoms with Gasteiger partial charge >= 0.3 is 0 Å². The molecule has 6 aromatic carbocycles. The summed E-state index contributed by atoms with van der Waals surface area (Å²) in [5.41, 5.74) is 19.8. The van der Waals surface area contributed by atoms with Gasteiger partial charge in [0.2, 0.25) is 0 Å². The molecule has 64 heavy (non-hydrogen) atoms. The molecule has 0 amide bonds. The van der Waals surface area contributed by atoms with Crippen LogP contribution in [0.4, 0.5) is 17.1 Å². The Balaban J connectivity index is 1.28. The van der Waals surface area contributed by atoms with Crippen LogP contribution in [0.5, 0.6) is 11.5 Å². The van der Waals surface area contributed by atoms with Crippen LogP contribution in [0.25, 0.3) is 49.9 Å². The average Bonchev–Trinajstić information content (AvgIpc) is 3.76. The fourth-order valence-electron chi connectivity index (χ4n) is 10.1. The Morgan fingerprint density at radius 1 is 0.625 bits per heavy atom. The largest absolute Gasteiger partial charge is 0.457 e. The van der Waals surface area contributed by atoms with Gasteiger partial charge in [0.1, 0.15) is 17.3 Å². The SMILES string of the molecule is Cc1cc(C)c(-c2cc(Oc3ccc4c5cccc(-c6c(C(C)C)cc(C(C)C)cc6C(C)C)c5n(-c5cc(C(C)(C)C)ccn5)c4c3)cc(N3CN(C)c4ccccc43)c2)c(C)c1. The molecule has 2 aromatic heterocycles. The highest BCUT2D eigenvalue weighted by Gasteiger charge is 2.27. The van der Waals surface area contributed by atoms with Crippen LogP contribution in [-0.4, -0.2) is 23.3 Å². The molecule has 0 spiro atoms. The van der Waals surface area contributed by atoms with Crippen molar-refractivity contribution in [3.63, 3.8) is 0 Å². The zero-order chi connectivity index (χ0) is 45.4. The van der Waals surface area contributed by atoms with Gasteiger partial charge in [0, 0.05) is 47.4 Å². The highest BCUT2D eigenvalue weighted by atomic mass is 16.5. The Morgan fingerprint density at radius 3 is 1.97 bits per heavy atom. The Morgan fingerprint density at radius 2 is 1.31 bits per heavy atom. The minimum atomic E-state index is -0.0581. The smallest absolute Gasteiger partial charge is 0.137 e. The minimum Gasteiger partial charge on any atom is -0.457 e. The van der Waals surface area contributed by atoms with Gasteiger partial charge in [0.05, 0.1) is 29.1 Å². The maximum absolute atomic E-state index is 7.11. The van der Waals surface area contributed by atoms with Crippen molar-refractivity contribution in [3.8, 4) is 39.6 Å². The van der Waals surface area contributed by atoms with Crippen LogP contribution in [0.2, 0.25) is 0 Å². The first-order valence-corrected chi connectivity index (χ1v) is 23.2. The second kappa shape index (κ2) is 16.3. The van der Waals surface area contributed by atoms with Crippen LogP contribution in [0.3, 0.4) is 0 Å². The summed E-state index contributed by atoms with van der Waals surface area (Å²) in [7, 11) is 2.16. The summed E-state index contributed by atoms with van der Waals surface area (Å²) in [5, 5.41) is 2.37. The van der Waals surface area contributed by atoms with Crippen molar-refractivity contribution in [1.82, 2.24) is 9.55 Å². The molecule has 5 nitrogen and oxygen atoms in total. The predicted molar refractivity (Wildman–Crippen MR) is 273 cm³/mol. The summed E-state index contributed by atoms with van der Waals surface area (Å²) >= 11 is 0. The number of benzene rings is 6. The summed E-state index contributed by atoms with van der Waals surface area (Å²) in [6.45, 7) is 28.1. The van der Waals surface area contributed by atoms with E-state index in [-0.39, 0.29) is 5.41 Å². The molecule has 0 fully saturated rings. The lowest BCUT2D eigenvalue weighted by Crippen LogP contribution is -2.24. The number of ether oxygens (including phenoxy) is 1. The third-order valence-electron chi connectivity index (χ3n) is 13.3. The Hall–Kier alpha value is -6.33. The van der Waals surface area contributed by atoms with Crippen LogP contribution < -0.4 is 14.5 Å². The second-order valence-corrected chi connectivity index (χ2v) is 20.3. The topological polar surface area (TPSA) is 33.5 Å². The molecule has 0 saturated heterocycles. The fraction of sp³-hybridized carbons (Fsp3) is 0.305. The van der Waals surface area contributed by atoms with E-state index in [4.69, 9.17) is 9.72 Å². The van der Waals surface area contributed by atoms with Gasteiger partial charge < -0.3 is 14.5 Å². The van der Waals surface area contributed by atoms with Crippen molar-refractivity contribution < 1.29 is 4.74 Å². The molecule has 0 aliphatic carbocycles. The number of pyridine rings is 1. The molecule has 1 aliphatic rings. The van der Waals surface area contributed by atoms with E-state index in [2.05, 4.69) is 220 Å². The molecule has 9 rings (SSSR count). The number of para-hydroxylation sites is 3. The maximum atomic E-state index is 7.11. The second-order valence-electron chi connectivity index (χ2n) is 20.3. The minimum absolute atomic E-state index is 0.0581. The zero-order valence-corrected chi connectivity index (χ0v) is 40.2. The number of hydrogen-bond donors (Lipinski definition) is 0. The molecular weight excluding hydrogens is 781 g/mol. The molecule has 1 aliphatic heterocycles. The first-order chi connectivity index (χ1) is 30.5. The third-order valence-corrected chi connectivity index (χ3v) is 13.3. The Labute approximate surface area is 381 Å². The molecule has 8 aromatic rings. The van der Waals surface area contributed by atoms with E-state index in [1.165, 1.54) is 83.3 Å². The average molecular weight is 845 g/mol. The molecule has 0 N–H and O–H groups in total. The summed E-state index contributed by atoms with van der Waals surface area (Å²) < 4.78 is 9.52. The highest BCUT2D eigenvalue weighted by Crippen LogP contribution is 2.47. The first-order valence-electron chi connectivity index (χ1n) is 23.2.